The first kappa shape index (κ1) is 17.4. The molecule has 2 heterocycles. The van der Waals surface area contributed by atoms with Gasteiger partial charge >= 0.3 is 0 Å². The van der Waals surface area contributed by atoms with E-state index in [4.69, 9.17) is 9.47 Å². The number of ether oxygens (including phenoxy) is 2. The highest BCUT2D eigenvalue weighted by Gasteiger charge is 2.24. The number of benzene rings is 2. The second-order valence-electron chi connectivity index (χ2n) is 6.79. The number of fused-ring (bicyclic) bond motifs is 1. The van der Waals surface area contributed by atoms with Crippen molar-refractivity contribution in [3.8, 4) is 11.5 Å². The number of amides is 2. The number of hydrogen-bond donors (Lipinski definition) is 0. The van der Waals surface area contributed by atoms with E-state index in [0.717, 1.165) is 16.9 Å². The average molecular weight is 366 g/mol. The Bertz CT molecular complexity index is 829. The lowest BCUT2D eigenvalue weighted by Gasteiger charge is -2.35. The third-order valence-corrected chi connectivity index (χ3v) is 4.98. The van der Waals surface area contributed by atoms with Crippen molar-refractivity contribution in [3.63, 3.8) is 0 Å². The molecular formula is C21H22N2O4. The molecule has 0 bridgehead atoms. The van der Waals surface area contributed by atoms with Crippen molar-refractivity contribution in [3.05, 3.63) is 59.7 Å². The smallest absolute Gasteiger partial charge is 0.231 e. The molecule has 4 rings (SSSR count). The van der Waals surface area contributed by atoms with Crippen LogP contribution in [0, 0.1) is 0 Å². The summed E-state index contributed by atoms with van der Waals surface area (Å²) in [4.78, 5) is 28.7. The molecule has 0 aromatic heterocycles. The van der Waals surface area contributed by atoms with Crippen molar-refractivity contribution in [2.24, 2.45) is 0 Å². The van der Waals surface area contributed by atoms with Crippen molar-refractivity contribution in [1.29, 1.82) is 0 Å². The third kappa shape index (κ3) is 4.05. The van der Waals surface area contributed by atoms with Gasteiger partial charge in [-0.25, -0.2) is 0 Å². The summed E-state index contributed by atoms with van der Waals surface area (Å²) in [6, 6.07) is 15.3. The summed E-state index contributed by atoms with van der Waals surface area (Å²) in [6.07, 6.45) is 0.737. The minimum atomic E-state index is 0.0732. The van der Waals surface area contributed by atoms with E-state index >= 15 is 0 Å². The van der Waals surface area contributed by atoms with E-state index in [2.05, 4.69) is 0 Å². The molecule has 6 nitrogen and oxygen atoms in total. The van der Waals surface area contributed by atoms with Crippen LogP contribution >= 0.6 is 0 Å². The molecule has 0 N–H and O–H groups in total. The Balaban J connectivity index is 1.28. The fraction of sp³-hybridized carbons (Fsp3) is 0.333. The standard InChI is InChI=1S/C21H22N2O4/c24-20(13-16-4-2-1-3-5-16)22-8-10-23(11-9-22)21(25)14-17-6-7-18-19(12-17)27-15-26-18/h1-7,12H,8-11,13-15H2. The van der Waals surface area contributed by atoms with E-state index in [1.165, 1.54) is 0 Å². The van der Waals surface area contributed by atoms with Crippen LogP contribution < -0.4 is 9.47 Å². The second kappa shape index (κ2) is 7.70. The maximum atomic E-state index is 12.6. The molecule has 6 heteroatoms. The van der Waals surface area contributed by atoms with Crippen LogP contribution in [-0.4, -0.2) is 54.6 Å². The van der Waals surface area contributed by atoms with E-state index in [9.17, 15) is 9.59 Å². The lowest BCUT2D eigenvalue weighted by molar-refractivity contribution is -0.138. The molecule has 0 spiro atoms. The molecule has 0 unspecified atom stereocenters. The normalized spacial score (nSPS) is 15.7. The fourth-order valence-corrected chi connectivity index (χ4v) is 3.42. The molecule has 2 aromatic carbocycles. The Morgan fingerprint density at radius 3 is 2.00 bits per heavy atom. The number of hydrogen-bond acceptors (Lipinski definition) is 4. The summed E-state index contributed by atoms with van der Waals surface area (Å²) in [5, 5.41) is 0. The highest BCUT2D eigenvalue weighted by Crippen LogP contribution is 2.32. The lowest BCUT2D eigenvalue weighted by Crippen LogP contribution is -2.51. The first-order chi connectivity index (χ1) is 13.2. The molecule has 27 heavy (non-hydrogen) atoms. The van der Waals surface area contributed by atoms with Gasteiger partial charge in [0, 0.05) is 26.2 Å². The van der Waals surface area contributed by atoms with Crippen LogP contribution in [-0.2, 0) is 22.4 Å². The number of carbonyl (C=O) groups excluding carboxylic acids is 2. The molecule has 0 aliphatic carbocycles. The second-order valence-corrected chi connectivity index (χ2v) is 6.79. The van der Waals surface area contributed by atoms with E-state index in [-0.39, 0.29) is 18.6 Å². The van der Waals surface area contributed by atoms with Crippen molar-refractivity contribution in [2.75, 3.05) is 33.0 Å². The zero-order valence-electron chi connectivity index (χ0n) is 15.1. The maximum absolute atomic E-state index is 12.6. The Hall–Kier alpha value is -3.02. The summed E-state index contributed by atoms with van der Waals surface area (Å²) in [5.74, 6) is 1.60. The first-order valence-corrected chi connectivity index (χ1v) is 9.17. The van der Waals surface area contributed by atoms with Gasteiger partial charge in [-0.2, -0.15) is 0 Å². The Kier molecular flexibility index (Phi) is 4.96. The van der Waals surface area contributed by atoms with Crippen LogP contribution in [0.5, 0.6) is 11.5 Å². The molecule has 1 saturated heterocycles. The van der Waals surface area contributed by atoms with Gasteiger partial charge in [-0.3, -0.25) is 9.59 Å². The summed E-state index contributed by atoms with van der Waals surface area (Å²) in [6.45, 7) is 2.54. The van der Waals surface area contributed by atoms with Crippen molar-refractivity contribution >= 4 is 11.8 Å². The van der Waals surface area contributed by atoms with Crippen molar-refractivity contribution in [2.45, 2.75) is 12.8 Å². The molecule has 2 aromatic rings. The van der Waals surface area contributed by atoms with E-state index in [0.29, 0.717) is 44.8 Å². The number of rotatable bonds is 4. The van der Waals surface area contributed by atoms with E-state index in [1.54, 1.807) is 0 Å². The Morgan fingerprint density at radius 1 is 0.741 bits per heavy atom. The quantitative estimate of drug-likeness (QED) is 0.829. The maximum Gasteiger partial charge on any atom is 0.231 e. The molecule has 1 fully saturated rings. The first-order valence-electron chi connectivity index (χ1n) is 9.17. The minimum Gasteiger partial charge on any atom is -0.454 e. The lowest BCUT2D eigenvalue weighted by atomic mass is 10.1. The predicted molar refractivity (Wildman–Crippen MR) is 99.6 cm³/mol. The molecule has 140 valence electrons. The van der Waals surface area contributed by atoms with Gasteiger partial charge in [0.2, 0.25) is 18.6 Å². The summed E-state index contributed by atoms with van der Waals surface area (Å²) >= 11 is 0. The highest BCUT2D eigenvalue weighted by molar-refractivity contribution is 5.81. The van der Waals surface area contributed by atoms with Gasteiger partial charge in [-0.1, -0.05) is 36.4 Å². The largest absolute Gasteiger partial charge is 0.454 e. The van der Waals surface area contributed by atoms with Gasteiger partial charge in [0.15, 0.2) is 11.5 Å². The van der Waals surface area contributed by atoms with Crippen LogP contribution in [0.15, 0.2) is 48.5 Å². The molecular weight excluding hydrogens is 344 g/mol. The van der Waals surface area contributed by atoms with Crippen LogP contribution in [0.4, 0.5) is 0 Å². The van der Waals surface area contributed by atoms with Gasteiger partial charge < -0.3 is 19.3 Å². The summed E-state index contributed by atoms with van der Waals surface area (Å²) < 4.78 is 10.7. The van der Waals surface area contributed by atoms with E-state index in [1.807, 2.05) is 58.3 Å². The Morgan fingerprint density at radius 2 is 1.33 bits per heavy atom. The highest BCUT2D eigenvalue weighted by atomic mass is 16.7. The van der Waals surface area contributed by atoms with Gasteiger partial charge in [-0.15, -0.1) is 0 Å². The van der Waals surface area contributed by atoms with Gasteiger partial charge in [0.05, 0.1) is 12.8 Å². The number of carbonyl (C=O) groups is 2. The van der Waals surface area contributed by atoms with Crippen LogP contribution in [0.1, 0.15) is 11.1 Å². The van der Waals surface area contributed by atoms with Crippen molar-refractivity contribution in [1.82, 2.24) is 9.80 Å². The molecule has 0 radical (unpaired) electrons. The van der Waals surface area contributed by atoms with Gasteiger partial charge in [0.1, 0.15) is 0 Å². The number of nitrogens with zero attached hydrogens (tertiary/aromatic N) is 2. The summed E-state index contributed by atoms with van der Waals surface area (Å²) in [5.41, 5.74) is 1.93. The molecule has 2 aliphatic rings. The van der Waals surface area contributed by atoms with Crippen molar-refractivity contribution < 1.29 is 19.1 Å². The van der Waals surface area contributed by atoms with E-state index < -0.39 is 0 Å². The predicted octanol–water partition coefficient (Wildman–Crippen LogP) is 1.87. The van der Waals surface area contributed by atoms with Gasteiger partial charge in [0.25, 0.3) is 0 Å². The molecule has 2 amide bonds. The molecule has 2 aliphatic heterocycles. The zero-order chi connectivity index (χ0) is 18.6. The topological polar surface area (TPSA) is 59.1 Å². The Labute approximate surface area is 158 Å². The average Bonchev–Trinajstić information content (AvgIpc) is 3.16. The monoisotopic (exact) mass is 366 g/mol. The fourth-order valence-electron chi connectivity index (χ4n) is 3.42. The zero-order valence-corrected chi connectivity index (χ0v) is 15.1. The van der Waals surface area contributed by atoms with Crippen LogP contribution in [0.25, 0.3) is 0 Å². The SMILES string of the molecule is O=C(Cc1ccccc1)N1CCN(C(=O)Cc2ccc3c(c2)OCO3)CC1. The number of piperazine rings is 1. The van der Waals surface area contributed by atoms with Crippen LogP contribution in [0.3, 0.4) is 0 Å². The summed E-state index contributed by atoms with van der Waals surface area (Å²) in [7, 11) is 0. The minimum absolute atomic E-state index is 0.0732. The molecule has 0 atom stereocenters. The van der Waals surface area contributed by atoms with Gasteiger partial charge in [-0.05, 0) is 23.3 Å². The third-order valence-electron chi connectivity index (χ3n) is 4.98. The van der Waals surface area contributed by atoms with Crippen LogP contribution in [0.2, 0.25) is 0 Å². The molecule has 0 saturated carbocycles.